The summed E-state index contributed by atoms with van der Waals surface area (Å²) < 4.78 is 5.03. The van der Waals surface area contributed by atoms with Gasteiger partial charge in [0, 0.05) is 11.1 Å². The lowest BCUT2D eigenvalue weighted by molar-refractivity contribution is 0.552. The number of hydrogen-bond acceptors (Lipinski definition) is 3. The Morgan fingerprint density at radius 3 is 3.08 bits per heavy atom. The first-order valence-corrected chi connectivity index (χ1v) is 3.75. The van der Waals surface area contributed by atoms with Crippen LogP contribution in [0.5, 0.6) is 0 Å². The van der Waals surface area contributed by atoms with Crippen LogP contribution in [-0.2, 0) is 0 Å². The van der Waals surface area contributed by atoms with Gasteiger partial charge in [0.15, 0.2) is 0 Å². The highest BCUT2D eigenvalue weighted by Crippen LogP contribution is 2.34. The molecule has 2 rings (SSSR count). The van der Waals surface area contributed by atoms with Gasteiger partial charge in [-0.05, 0) is 24.6 Å². The minimum Gasteiger partial charge on any atom is -0.472 e. The summed E-state index contributed by atoms with van der Waals surface area (Å²) in [7, 11) is 0. The van der Waals surface area contributed by atoms with Crippen LogP contribution in [0.3, 0.4) is 0 Å². The predicted molar refractivity (Wildman–Crippen MR) is 47.9 cm³/mol. The summed E-state index contributed by atoms with van der Waals surface area (Å²) in [6.07, 6.45) is 3.35. The molecule has 0 saturated heterocycles. The molecular weight excluding hydrogens is 152 g/mol. The van der Waals surface area contributed by atoms with E-state index in [9.17, 15) is 0 Å². The number of rotatable bonds is 1. The van der Waals surface area contributed by atoms with Crippen molar-refractivity contribution in [2.24, 2.45) is 5.84 Å². The second kappa shape index (κ2) is 2.53. The van der Waals surface area contributed by atoms with Gasteiger partial charge in [-0.2, -0.15) is 0 Å². The molecule has 62 valence electrons. The largest absolute Gasteiger partial charge is 0.472 e. The number of nitrogens with two attached hydrogens (primary N) is 1. The highest BCUT2D eigenvalue weighted by atomic mass is 16.3. The SMILES string of the molecule is Cc1cc2coccc-2c1NN. The van der Waals surface area contributed by atoms with Crippen LogP contribution in [0, 0.1) is 6.92 Å². The van der Waals surface area contributed by atoms with Crippen molar-refractivity contribution in [1.82, 2.24) is 0 Å². The van der Waals surface area contributed by atoms with E-state index in [-0.39, 0.29) is 0 Å². The van der Waals surface area contributed by atoms with E-state index in [1.54, 1.807) is 12.5 Å². The summed E-state index contributed by atoms with van der Waals surface area (Å²) >= 11 is 0. The third kappa shape index (κ3) is 0.871. The molecule has 0 aromatic rings. The number of aryl methyl sites for hydroxylation is 1. The molecule has 3 heteroatoms. The molecule has 3 nitrogen and oxygen atoms in total. The van der Waals surface area contributed by atoms with Crippen LogP contribution in [0.4, 0.5) is 5.69 Å². The Hall–Kier alpha value is -1.48. The van der Waals surface area contributed by atoms with Crippen molar-refractivity contribution in [3.05, 3.63) is 30.2 Å². The molecular formula is C9H10N2O. The Balaban J connectivity index is 2.71. The molecule has 0 aromatic carbocycles. The Morgan fingerprint density at radius 2 is 2.33 bits per heavy atom. The summed E-state index contributed by atoms with van der Waals surface area (Å²) in [5.74, 6) is 5.38. The maximum absolute atomic E-state index is 5.38. The first kappa shape index (κ1) is 7.18. The van der Waals surface area contributed by atoms with Gasteiger partial charge in [-0.3, -0.25) is 5.84 Å². The van der Waals surface area contributed by atoms with Crippen molar-refractivity contribution < 1.29 is 4.42 Å². The van der Waals surface area contributed by atoms with Gasteiger partial charge in [0.25, 0.3) is 0 Å². The normalized spacial score (nSPS) is 10.5. The van der Waals surface area contributed by atoms with Gasteiger partial charge in [-0.1, -0.05) is 0 Å². The van der Waals surface area contributed by atoms with Crippen LogP contribution in [0.2, 0.25) is 0 Å². The zero-order chi connectivity index (χ0) is 8.55. The van der Waals surface area contributed by atoms with Crippen molar-refractivity contribution in [1.29, 1.82) is 0 Å². The lowest BCUT2D eigenvalue weighted by atomic mass is 10.2. The molecule has 12 heavy (non-hydrogen) atoms. The zero-order valence-corrected chi connectivity index (χ0v) is 6.79. The maximum Gasteiger partial charge on any atom is 0.0980 e. The van der Waals surface area contributed by atoms with Gasteiger partial charge in [-0.25, -0.2) is 0 Å². The Bertz CT molecular complexity index is 367. The minimum absolute atomic E-state index is 0.973. The third-order valence-electron chi connectivity index (χ3n) is 2.00. The average molecular weight is 162 g/mol. The van der Waals surface area contributed by atoms with Crippen molar-refractivity contribution in [2.75, 3.05) is 5.43 Å². The van der Waals surface area contributed by atoms with E-state index in [0.29, 0.717) is 0 Å². The molecule has 2 aliphatic rings. The van der Waals surface area contributed by atoms with Crippen molar-refractivity contribution >= 4 is 5.69 Å². The van der Waals surface area contributed by atoms with E-state index < -0.39 is 0 Å². The average Bonchev–Trinajstić information content (AvgIpc) is 2.40. The molecule has 1 heterocycles. The summed E-state index contributed by atoms with van der Waals surface area (Å²) in [5, 5.41) is 0. The predicted octanol–water partition coefficient (Wildman–Crippen LogP) is 1.98. The smallest absolute Gasteiger partial charge is 0.0980 e. The number of anilines is 1. The first-order chi connectivity index (χ1) is 5.83. The minimum atomic E-state index is 0.973. The number of hydrogen-bond donors (Lipinski definition) is 2. The fourth-order valence-electron chi connectivity index (χ4n) is 1.43. The zero-order valence-electron chi connectivity index (χ0n) is 6.79. The Kier molecular flexibility index (Phi) is 1.52. The van der Waals surface area contributed by atoms with Crippen LogP contribution in [0.25, 0.3) is 11.1 Å². The number of fused-ring (bicyclic) bond motifs is 1. The molecule has 1 aliphatic heterocycles. The van der Waals surface area contributed by atoms with Crippen LogP contribution in [0.1, 0.15) is 5.56 Å². The highest BCUT2D eigenvalue weighted by Gasteiger charge is 2.11. The van der Waals surface area contributed by atoms with Gasteiger partial charge in [-0.15, -0.1) is 0 Å². The highest BCUT2D eigenvalue weighted by molar-refractivity contribution is 5.83. The summed E-state index contributed by atoms with van der Waals surface area (Å²) in [5.41, 5.74) is 6.95. The third-order valence-corrected chi connectivity index (χ3v) is 2.00. The second-order valence-corrected chi connectivity index (χ2v) is 2.77. The van der Waals surface area contributed by atoms with Crippen molar-refractivity contribution in [2.45, 2.75) is 6.92 Å². The molecule has 0 bridgehead atoms. The topological polar surface area (TPSA) is 51.2 Å². The van der Waals surface area contributed by atoms with E-state index in [0.717, 1.165) is 22.4 Å². The molecule has 0 spiro atoms. The lowest BCUT2D eigenvalue weighted by Gasteiger charge is -2.01. The molecule has 0 aromatic heterocycles. The van der Waals surface area contributed by atoms with E-state index >= 15 is 0 Å². The Labute approximate surface area is 70.5 Å². The van der Waals surface area contributed by atoms with Crippen LogP contribution in [-0.4, -0.2) is 0 Å². The molecule has 0 amide bonds. The molecule has 0 saturated carbocycles. The lowest BCUT2D eigenvalue weighted by Crippen LogP contribution is -2.07. The first-order valence-electron chi connectivity index (χ1n) is 3.75. The quantitative estimate of drug-likeness (QED) is 0.498. The van der Waals surface area contributed by atoms with Gasteiger partial charge in [0.05, 0.1) is 18.2 Å². The Morgan fingerprint density at radius 1 is 1.50 bits per heavy atom. The van der Waals surface area contributed by atoms with Gasteiger partial charge in [0.1, 0.15) is 0 Å². The van der Waals surface area contributed by atoms with Gasteiger partial charge < -0.3 is 9.84 Å². The van der Waals surface area contributed by atoms with E-state index in [2.05, 4.69) is 5.43 Å². The summed E-state index contributed by atoms with van der Waals surface area (Å²) in [6.45, 7) is 2.01. The van der Waals surface area contributed by atoms with Crippen molar-refractivity contribution in [3.8, 4) is 11.1 Å². The van der Waals surface area contributed by atoms with Crippen LogP contribution in [0.15, 0.2) is 29.1 Å². The molecule has 0 radical (unpaired) electrons. The molecule has 0 fully saturated rings. The molecule has 0 atom stereocenters. The molecule has 3 N–H and O–H groups in total. The fourth-order valence-corrected chi connectivity index (χ4v) is 1.43. The van der Waals surface area contributed by atoms with Gasteiger partial charge in [0.2, 0.25) is 0 Å². The van der Waals surface area contributed by atoms with E-state index in [1.165, 1.54) is 0 Å². The van der Waals surface area contributed by atoms with E-state index in [1.807, 2.05) is 19.1 Å². The molecule has 1 aliphatic carbocycles. The van der Waals surface area contributed by atoms with Crippen LogP contribution >= 0.6 is 0 Å². The number of nitrogens with one attached hydrogen (secondary N) is 1. The van der Waals surface area contributed by atoms with Crippen molar-refractivity contribution in [3.63, 3.8) is 0 Å². The maximum atomic E-state index is 5.38. The number of hydrazine groups is 1. The second-order valence-electron chi connectivity index (χ2n) is 2.77. The summed E-state index contributed by atoms with van der Waals surface area (Å²) in [4.78, 5) is 0. The summed E-state index contributed by atoms with van der Waals surface area (Å²) in [6, 6.07) is 3.94. The monoisotopic (exact) mass is 162 g/mol. The van der Waals surface area contributed by atoms with Gasteiger partial charge >= 0.3 is 0 Å². The fraction of sp³-hybridized carbons (Fsp3) is 0.111. The van der Waals surface area contributed by atoms with Crippen LogP contribution < -0.4 is 11.3 Å². The number of nitrogen functional groups attached to an aromatic ring is 1. The molecule has 0 unspecified atom stereocenters. The standard InChI is InChI=1S/C9H10N2O/c1-6-4-7-5-12-3-2-8(7)9(6)11-10/h2-5,11H,10H2,1H3. The van der Waals surface area contributed by atoms with E-state index in [4.69, 9.17) is 10.3 Å².